The van der Waals surface area contributed by atoms with E-state index >= 15 is 0 Å². The molecular formula is C32H40N4O9P+. The van der Waals surface area contributed by atoms with Gasteiger partial charge in [-0.25, -0.2) is 5.06 Å². The van der Waals surface area contributed by atoms with E-state index in [2.05, 4.69) is 27.4 Å². The van der Waals surface area contributed by atoms with Crippen LogP contribution in [0.4, 0.5) is 0 Å². The summed E-state index contributed by atoms with van der Waals surface area (Å²) >= 11 is 0. The largest absolute Gasteiger partial charge is 0.696 e. The third kappa shape index (κ3) is 11.2. The van der Waals surface area contributed by atoms with Gasteiger partial charge in [0.05, 0.1) is 18.6 Å². The number of nitrogens with zero attached hydrogens (tertiary/aromatic N) is 1. The van der Waals surface area contributed by atoms with Gasteiger partial charge in [-0.3, -0.25) is 24.0 Å². The predicted octanol–water partition coefficient (Wildman–Crippen LogP) is 4.67. The SMILES string of the molecule is CCCCCC(C(=O)NCNC(=O)c1ccc(-c2ccc(C(=O)NCO[P+](=O)O)cc2)o1)C(CC)N(C=O)OCc1ccccc1. The Morgan fingerprint density at radius 1 is 0.957 bits per heavy atom. The Balaban J connectivity index is 1.57. The van der Waals surface area contributed by atoms with E-state index in [4.69, 9.17) is 14.1 Å². The highest BCUT2D eigenvalue weighted by atomic mass is 31.1. The lowest BCUT2D eigenvalue weighted by Gasteiger charge is -2.32. The van der Waals surface area contributed by atoms with Crippen molar-refractivity contribution in [2.45, 2.75) is 58.6 Å². The molecule has 3 aromatic rings. The Bertz CT molecular complexity index is 1430. The van der Waals surface area contributed by atoms with Gasteiger partial charge in [0, 0.05) is 15.7 Å². The highest BCUT2D eigenvalue weighted by molar-refractivity contribution is 7.32. The Morgan fingerprint density at radius 3 is 2.35 bits per heavy atom. The van der Waals surface area contributed by atoms with Crippen LogP contribution in [0, 0.1) is 5.92 Å². The van der Waals surface area contributed by atoms with Crippen LogP contribution in [0.1, 0.15) is 72.4 Å². The van der Waals surface area contributed by atoms with Gasteiger partial charge in [-0.15, -0.1) is 4.89 Å². The average molecular weight is 656 g/mol. The highest BCUT2D eigenvalue weighted by Crippen LogP contribution is 2.24. The summed E-state index contributed by atoms with van der Waals surface area (Å²) in [5.41, 5.74) is 1.79. The standard InChI is InChI=1S/C32H39N4O9P/c1-3-5-7-12-26(27(4-2)36(22-37)43-19-23-10-8-6-9-11-23)31(39)33-20-34-32(40)29-18-17-28(45-29)24-13-15-25(16-14-24)30(38)35-21-44-46(41)42/h6,8-11,13-18,22,26-27H,3-5,7,12,19-21H2,1-2H3,(H3-,33,34,35,38,39,40,41,42)/p+1. The molecule has 13 nitrogen and oxygen atoms in total. The van der Waals surface area contributed by atoms with E-state index in [0.717, 1.165) is 24.8 Å². The lowest BCUT2D eigenvalue weighted by molar-refractivity contribution is -0.200. The average Bonchev–Trinajstić information content (AvgIpc) is 3.56. The molecule has 0 saturated carbocycles. The molecule has 0 bridgehead atoms. The fourth-order valence-corrected chi connectivity index (χ4v) is 4.94. The molecule has 14 heteroatoms. The normalized spacial score (nSPS) is 12.5. The molecule has 246 valence electrons. The number of rotatable bonds is 20. The second kappa shape index (κ2) is 19.2. The van der Waals surface area contributed by atoms with E-state index in [1.807, 2.05) is 37.3 Å². The number of amides is 4. The van der Waals surface area contributed by atoms with Crippen LogP contribution in [0.5, 0.6) is 0 Å². The van der Waals surface area contributed by atoms with E-state index in [0.29, 0.717) is 30.6 Å². The number of hydroxylamine groups is 2. The van der Waals surface area contributed by atoms with Gasteiger partial charge in [0.2, 0.25) is 12.3 Å². The maximum absolute atomic E-state index is 13.4. The zero-order chi connectivity index (χ0) is 33.3. The fraction of sp³-hybridized carbons (Fsp3) is 0.375. The fourth-order valence-electron chi connectivity index (χ4n) is 4.77. The van der Waals surface area contributed by atoms with Crippen molar-refractivity contribution < 1.29 is 42.4 Å². The maximum atomic E-state index is 13.4. The van der Waals surface area contributed by atoms with Gasteiger partial charge in [0.1, 0.15) is 12.4 Å². The minimum Gasteiger partial charge on any atom is -0.451 e. The predicted molar refractivity (Wildman–Crippen MR) is 169 cm³/mol. The van der Waals surface area contributed by atoms with Crippen molar-refractivity contribution in [2.75, 3.05) is 13.4 Å². The molecule has 1 aromatic heterocycles. The molecule has 3 unspecified atom stereocenters. The van der Waals surface area contributed by atoms with Crippen LogP contribution < -0.4 is 16.0 Å². The summed E-state index contributed by atoms with van der Waals surface area (Å²) in [5.74, 6) is -1.50. The number of unbranched alkanes of at least 4 members (excludes halogenated alkanes) is 2. The van der Waals surface area contributed by atoms with Crippen LogP contribution >= 0.6 is 8.25 Å². The first kappa shape index (κ1) is 36.1. The third-order valence-electron chi connectivity index (χ3n) is 7.17. The van der Waals surface area contributed by atoms with E-state index < -0.39 is 38.8 Å². The molecule has 0 saturated heterocycles. The first-order valence-corrected chi connectivity index (χ1v) is 16.1. The zero-order valence-corrected chi connectivity index (χ0v) is 26.7. The van der Waals surface area contributed by atoms with E-state index in [9.17, 15) is 23.7 Å². The van der Waals surface area contributed by atoms with Gasteiger partial charge in [0.15, 0.2) is 12.5 Å². The first-order chi connectivity index (χ1) is 22.3. The second-order valence-corrected chi connectivity index (χ2v) is 11.0. The number of hydrogen-bond donors (Lipinski definition) is 4. The van der Waals surface area contributed by atoms with Crippen molar-refractivity contribution >= 4 is 32.4 Å². The van der Waals surface area contributed by atoms with Gasteiger partial charge in [-0.2, -0.15) is 0 Å². The topological polar surface area (TPSA) is 177 Å². The van der Waals surface area contributed by atoms with Crippen LogP contribution in [0.2, 0.25) is 0 Å². The first-order valence-electron chi connectivity index (χ1n) is 15.0. The molecule has 2 aromatic carbocycles. The van der Waals surface area contributed by atoms with E-state index in [1.165, 1.54) is 23.3 Å². The monoisotopic (exact) mass is 655 g/mol. The van der Waals surface area contributed by atoms with E-state index in [1.54, 1.807) is 18.2 Å². The number of benzene rings is 2. The molecule has 3 atom stereocenters. The molecule has 4 amide bonds. The van der Waals surface area contributed by atoms with Crippen LogP contribution in [-0.4, -0.2) is 53.5 Å². The second-order valence-electron chi connectivity index (χ2n) is 10.3. The van der Waals surface area contributed by atoms with Crippen molar-refractivity contribution in [1.29, 1.82) is 0 Å². The van der Waals surface area contributed by atoms with Gasteiger partial charge in [0.25, 0.3) is 11.8 Å². The number of carbonyl (C=O) groups is 4. The number of hydrogen-bond acceptors (Lipinski definition) is 8. The highest BCUT2D eigenvalue weighted by Gasteiger charge is 2.32. The van der Waals surface area contributed by atoms with Crippen LogP contribution in [-0.2, 0) is 30.1 Å². The molecule has 0 radical (unpaired) electrons. The third-order valence-corrected chi connectivity index (χ3v) is 7.52. The van der Waals surface area contributed by atoms with Crippen molar-refractivity contribution in [2.24, 2.45) is 5.92 Å². The number of furan rings is 1. The van der Waals surface area contributed by atoms with Crippen LogP contribution in [0.3, 0.4) is 0 Å². The number of carbonyl (C=O) groups excluding carboxylic acids is 4. The summed E-state index contributed by atoms with van der Waals surface area (Å²) in [6.45, 7) is 3.58. The van der Waals surface area contributed by atoms with Crippen LogP contribution in [0.15, 0.2) is 71.1 Å². The molecule has 0 aliphatic rings. The lowest BCUT2D eigenvalue weighted by atomic mass is 9.90. The Labute approximate surface area is 268 Å². The summed E-state index contributed by atoms with van der Waals surface area (Å²) in [7, 11) is -2.82. The minimum atomic E-state index is -2.82. The van der Waals surface area contributed by atoms with Crippen LogP contribution in [0.25, 0.3) is 11.3 Å². The molecule has 4 N–H and O–H groups in total. The Morgan fingerprint density at radius 2 is 1.70 bits per heavy atom. The van der Waals surface area contributed by atoms with Gasteiger partial charge < -0.3 is 20.4 Å². The molecule has 0 spiro atoms. The van der Waals surface area contributed by atoms with Crippen molar-refractivity contribution in [1.82, 2.24) is 21.0 Å². The minimum absolute atomic E-state index is 0.0219. The quantitative estimate of drug-likeness (QED) is 0.0443. The summed E-state index contributed by atoms with van der Waals surface area (Å²) in [6.07, 6.45) is 4.34. The summed E-state index contributed by atoms with van der Waals surface area (Å²) < 4.78 is 20.7. The van der Waals surface area contributed by atoms with Crippen molar-refractivity contribution in [3.05, 3.63) is 83.6 Å². The molecule has 0 aliphatic carbocycles. The summed E-state index contributed by atoms with van der Waals surface area (Å²) in [4.78, 5) is 64.7. The van der Waals surface area contributed by atoms with Gasteiger partial charge in [-0.05, 0) is 42.7 Å². The summed E-state index contributed by atoms with van der Waals surface area (Å²) in [6, 6.07) is 18.3. The molecule has 1 heterocycles. The van der Waals surface area contributed by atoms with Gasteiger partial charge >= 0.3 is 8.25 Å². The van der Waals surface area contributed by atoms with Crippen molar-refractivity contribution in [3.63, 3.8) is 0 Å². The molecule has 0 aliphatic heterocycles. The van der Waals surface area contributed by atoms with Gasteiger partial charge in [-0.1, -0.05) is 80.1 Å². The Kier molecular flexibility index (Phi) is 15.0. The number of nitrogens with one attached hydrogen (secondary N) is 3. The Hall–Kier alpha value is -4.42. The smallest absolute Gasteiger partial charge is 0.451 e. The van der Waals surface area contributed by atoms with E-state index in [-0.39, 0.29) is 30.5 Å². The molecule has 0 fully saturated rings. The molecular weight excluding hydrogens is 615 g/mol. The van der Waals surface area contributed by atoms with Crippen molar-refractivity contribution in [3.8, 4) is 11.3 Å². The lowest BCUT2D eigenvalue weighted by Crippen LogP contribution is -2.48. The molecule has 46 heavy (non-hydrogen) atoms. The zero-order valence-electron chi connectivity index (χ0n) is 25.8. The maximum Gasteiger partial charge on any atom is 0.696 e. The molecule has 3 rings (SSSR count). The summed E-state index contributed by atoms with van der Waals surface area (Å²) in [5, 5.41) is 8.97.